The summed E-state index contributed by atoms with van der Waals surface area (Å²) >= 11 is 0. The summed E-state index contributed by atoms with van der Waals surface area (Å²) in [7, 11) is 0. The Morgan fingerprint density at radius 2 is 2.00 bits per heavy atom. The molecular formula is C10H18O2. The molecule has 12 heavy (non-hydrogen) atoms. The van der Waals surface area contributed by atoms with Crippen molar-refractivity contribution in [2.75, 3.05) is 0 Å². The Balaban J connectivity index is 2.72. The second-order valence-corrected chi connectivity index (χ2v) is 4.06. The van der Waals surface area contributed by atoms with Gasteiger partial charge in [0.2, 0.25) is 0 Å². The van der Waals surface area contributed by atoms with Crippen LogP contribution in [0.2, 0.25) is 0 Å². The zero-order valence-electron chi connectivity index (χ0n) is 7.99. The molecule has 0 spiro atoms. The third-order valence-corrected chi connectivity index (χ3v) is 2.75. The monoisotopic (exact) mass is 170 g/mol. The molecule has 70 valence electrons. The van der Waals surface area contributed by atoms with Crippen molar-refractivity contribution in [2.45, 2.75) is 39.4 Å². The Morgan fingerprint density at radius 1 is 1.42 bits per heavy atom. The van der Waals surface area contributed by atoms with Crippen LogP contribution >= 0.6 is 0 Å². The van der Waals surface area contributed by atoms with Crippen LogP contribution in [0.15, 0.2) is 11.6 Å². The number of aliphatic hydroxyl groups excluding tert-OH is 2. The molecule has 0 bridgehead atoms. The molecule has 2 nitrogen and oxygen atoms in total. The van der Waals surface area contributed by atoms with Crippen molar-refractivity contribution < 1.29 is 10.2 Å². The number of hydrogen-bond acceptors (Lipinski definition) is 2. The minimum absolute atomic E-state index is 0.212. The van der Waals surface area contributed by atoms with E-state index < -0.39 is 0 Å². The maximum Gasteiger partial charge on any atom is 0.0756 e. The molecular weight excluding hydrogens is 152 g/mol. The predicted molar refractivity (Wildman–Crippen MR) is 48.7 cm³/mol. The molecule has 0 unspecified atom stereocenters. The molecule has 0 saturated carbocycles. The Hall–Kier alpha value is -0.340. The summed E-state index contributed by atoms with van der Waals surface area (Å²) in [4.78, 5) is 0. The van der Waals surface area contributed by atoms with Gasteiger partial charge in [0, 0.05) is 0 Å². The third kappa shape index (κ3) is 1.87. The minimum atomic E-state index is -0.367. The zero-order chi connectivity index (χ0) is 9.30. The lowest BCUT2D eigenvalue weighted by molar-refractivity contribution is 0.0607. The first-order chi connectivity index (χ1) is 5.52. The van der Waals surface area contributed by atoms with Crippen LogP contribution in [0.3, 0.4) is 0 Å². The van der Waals surface area contributed by atoms with Crippen LogP contribution in [-0.2, 0) is 0 Å². The standard InChI is InChI=1S/C10H18O2/c1-6(2)8-5-9(11)7(3)4-10(8)12/h4,6,8-12H,5H2,1-3H3/t8-,9+,10-/m0/s1. The average Bonchev–Trinajstić information content (AvgIpc) is 1.96. The summed E-state index contributed by atoms with van der Waals surface area (Å²) in [6.45, 7) is 6.02. The number of hydrogen-bond donors (Lipinski definition) is 2. The first-order valence-electron chi connectivity index (χ1n) is 4.56. The van der Waals surface area contributed by atoms with E-state index in [9.17, 15) is 10.2 Å². The molecule has 2 heteroatoms. The van der Waals surface area contributed by atoms with Crippen molar-refractivity contribution in [2.24, 2.45) is 11.8 Å². The third-order valence-electron chi connectivity index (χ3n) is 2.75. The van der Waals surface area contributed by atoms with E-state index in [2.05, 4.69) is 13.8 Å². The zero-order valence-corrected chi connectivity index (χ0v) is 7.99. The van der Waals surface area contributed by atoms with Crippen molar-refractivity contribution in [3.8, 4) is 0 Å². The highest BCUT2D eigenvalue weighted by molar-refractivity contribution is 5.13. The van der Waals surface area contributed by atoms with E-state index >= 15 is 0 Å². The summed E-state index contributed by atoms with van der Waals surface area (Å²) in [5, 5.41) is 19.2. The second-order valence-electron chi connectivity index (χ2n) is 4.06. The molecule has 0 radical (unpaired) electrons. The quantitative estimate of drug-likeness (QED) is 0.583. The fourth-order valence-electron chi connectivity index (χ4n) is 1.75. The molecule has 0 amide bonds. The van der Waals surface area contributed by atoms with Gasteiger partial charge in [0.1, 0.15) is 0 Å². The smallest absolute Gasteiger partial charge is 0.0756 e. The maximum absolute atomic E-state index is 9.64. The summed E-state index contributed by atoms with van der Waals surface area (Å²) in [5.41, 5.74) is 0.902. The van der Waals surface area contributed by atoms with E-state index in [4.69, 9.17) is 0 Å². The minimum Gasteiger partial charge on any atom is -0.389 e. The molecule has 1 aliphatic rings. The van der Waals surface area contributed by atoms with E-state index in [0.717, 1.165) is 5.57 Å². The fraction of sp³-hybridized carbons (Fsp3) is 0.800. The van der Waals surface area contributed by atoms with E-state index in [-0.39, 0.29) is 18.1 Å². The van der Waals surface area contributed by atoms with Gasteiger partial charge in [0.05, 0.1) is 12.2 Å². The summed E-state index contributed by atoms with van der Waals surface area (Å²) in [6.07, 6.45) is 1.76. The van der Waals surface area contributed by atoms with Gasteiger partial charge >= 0.3 is 0 Å². The molecule has 0 aromatic heterocycles. The van der Waals surface area contributed by atoms with Crippen molar-refractivity contribution in [1.82, 2.24) is 0 Å². The van der Waals surface area contributed by atoms with Crippen LogP contribution in [0.1, 0.15) is 27.2 Å². The van der Waals surface area contributed by atoms with Crippen LogP contribution in [0, 0.1) is 11.8 Å². The molecule has 0 aromatic rings. The average molecular weight is 170 g/mol. The largest absolute Gasteiger partial charge is 0.389 e. The number of aliphatic hydroxyl groups is 2. The fourth-order valence-corrected chi connectivity index (χ4v) is 1.75. The van der Waals surface area contributed by atoms with Crippen LogP contribution in [-0.4, -0.2) is 22.4 Å². The van der Waals surface area contributed by atoms with Crippen LogP contribution in [0.25, 0.3) is 0 Å². The normalized spacial score (nSPS) is 36.8. The van der Waals surface area contributed by atoms with E-state index in [1.165, 1.54) is 0 Å². The first kappa shape index (κ1) is 9.75. The molecule has 0 aliphatic heterocycles. The lowest BCUT2D eigenvalue weighted by Crippen LogP contribution is -2.33. The molecule has 3 atom stereocenters. The molecule has 2 N–H and O–H groups in total. The van der Waals surface area contributed by atoms with Crippen LogP contribution in [0.5, 0.6) is 0 Å². The molecule has 0 fully saturated rings. The van der Waals surface area contributed by atoms with Gasteiger partial charge in [-0.05, 0) is 30.8 Å². The lowest BCUT2D eigenvalue weighted by Gasteiger charge is -2.31. The predicted octanol–water partition coefficient (Wildman–Crippen LogP) is 1.33. The molecule has 0 saturated heterocycles. The number of rotatable bonds is 1. The van der Waals surface area contributed by atoms with Gasteiger partial charge in [-0.15, -0.1) is 0 Å². The van der Waals surface area contributed by atoms with Crippen LogP contribution in [0.4, 0.5) is 0 Å². The molecule has 0 heterocycles. The molecule has 1 rings (SSSR count). The molecule has 0 aromatic carbocycles. The highest BCUT2D eigenvalue weighted by Gasteiger charge is 2.28. The van der Waals surface area contributed by atoms with E-state index in [1.54, 1.807) is 6.08 Å². The van der Waals surface area contributed by atoms with Crippen molar-refractivity contribution >= 4 is 0 Å². The Morgan fingerprint density at radius 3 is 2.50 bits per heavy atom. The van der Waals surface area contributed by atoms with E-state index in [1.807, 2.05) is 6.92 Å². The highest BCUT2D eigenvalue weighted by atomic mass is 16.3. The highest BCUT2D eigenvalue weighted by Crippen LogP contribution is 2.29. The summed E-state index contributed by atoms with van der Waals surface area (Å²) in [6, 6.07) is 0. The maximum atomic E-state index is 9.64. The van der Waals surface area contributed by atoms with Crippen molar-refractivity contribution in [1.29, 1.82) is 0 Å². The van der Waals surface area contributed by atoms with E-state index in [0.29, 0.717) is 12.3 Å². The van der Waals surface area contributed by atoms with Gasteiger partial charge in [0.25, 0.3) is 0 Å². The lowest BCUT2D eigenvalue weighted by atomic mass is 9.79. The second kappa shape index (κ2) is 3.58. The van der Waals surface area contributed by atoms with Crippen molar-refractivity contribution in [3.05, 3.63) is 11.6 Å². The van der Waals surface area contributed by atoms with Gasteiger partial charge in [-0.1, -0.05) is 19.9 Å². The van der Waals surface area contributed by atoms with Gasteiger partial charge in [0.15, 0.2) is 0 Å². The summed E-state index contributed by atoms with van der Waals surface area (Å²) in [5.74, 6) is 0.641. The molecule has 1 aliphatic carbocycles. The van der Waals surface area contributed by atoms with Gasteiger partial charge in [-0.2, -0.15) is 0 Å². The SMILES string of the molecule is CC1=C[C@H](O)[C@H](C(C)C)C[C@H]1O. The van der Waals surface area contributed by atoms with Crippen LogP contribution < -0.4 is 0 Å². The van der Waals surface area contributed by atoms with Gasteiger partial charge in [-0.3, -0.25) is 0 Å². The Labute approximate surface area is 73.9 Å². The first-order valence-corrected chi connectivity index (χ1v) is 4.56. The Kier molecular flexibility index (Phi) is 2.91. The topological polar surface area (TPSA) is 40.5 Å². The van der Waals surface area contributed by atoms with Crippen molar-refractivity contribution in [3.63, 3.8) is 0 Å². The summed E-state index contributed by atoms with van der Waals surface area (Å²) < 4.78 is 0. The van der Waals surface area contributed by atoms with Gasteiger partial charge < -0.3 is 10.2 Å². The Bertz CT molecular complexity index is 184. The van der Waals surface area contributed by atoms with Gasteiger partial charge in [-0.25, -0.2) is 0 Å².